The van der Waals surface area contributed by atoms with Gasteiger partial charge in [0.2, 0.25) is 5.43 Å². The van der Waals surface area contributed by atoms with E-state index in [4.69, 9.17) is 11.6 Å². The molecule has 2 aromatic heterocycles. The number of halogens is 2. The monoisotopic (exact) mass is 442 g/mol. The Kier molecular flexibility index (Phi) is 11.7. The maximum absolute atomic E-state index is 11.7. The van der Waals surface area contributed by atoms with Crippen LogP contribution in [0.5, 0.6) is 5.75 Å². The Bertz CT molecular complexity index is 812. The van der Waals surface area contributed by atoms with E-state index < -0.39 is 0 Å². The minimum absolute atomic E-state index is 0. The molecule has 2 rings (SSSR count). The van der Waals surface area contributed by atoms with Crippen LogP contribution in [-0.4, -0.2) is 27.7 Å². The summed E-state index contributed by atoms with van der Waals surface area (Å²) in [5.74, 6) is -0.150. The third-order valence-electron chi connectivity index (χ3n) is 4.91. The average Bonchev–Trinajstić information content (AvgIpc) is 2.67. The van der Waals surface area contributed by atoms with E-state index in [9.17, 15) is 9.90 Å². The molecule has 0 saturated carbocycles. The Morgan fingerprint density at radius 2 is 1.76 bits per heavy atom. The Hall–Kier alpha value is -1.76. The van der Waals surface area contributed by atoms with Crippen LogP contribution in [0.4, 0.5) is 5.69 Å². The number of pyridine rings is 2. The fourth-order valence-electron chi connectivity index (χ4n) is 3.11. The molecule has 162 valence electrons. The van der Waals surface area contributed by atoms with Gasteiger partial charge in [0, 0.05) is 43.8 Å². The van der Waals surface area contributed by atoms with E-state index in [1.165, 1.54) is 31.7 Å². The van der Waals surface area contributed by atoms with Crippen LogP contribution in [0.3, 0.4) is 0 Å². The van der Waals surface area contributed by atoms with E-state index in [1.54, 1.807) is 6.20 Å². The van der Waals surface area contributed by atoms with Crippen LogP contribution in [0.2, 0.25) is 5.15 Å². The predicted molar refractivity (Wildman–Crippen MR) is 122 cm³/mol. The number of unbranched alkanes of at least 4 members (excludes halogenated alkanes) is 5. The van der Waals surface area contributed by atoms with Gasteiger partial charge in [-0.3, -0.25) is 4.79 Å². The molecule has 0 unspecified atom stereocenters. The Balaban J connectivity index is 0.00000420. The third kappa shape index (κ3) is 8.64. The molecule has 2 aromatic rings. The first kappa shape index (κ1) is 25.3. The first-order valence-electron chi connectivity index (χ1n) is 9.93. The summed E-state index contributed by atoms with van der Waals surface area (Å²) in [6.45, 7) is 4.20. The van der Waals surface area contributed by atoms with Gasteiger partial charge < -0.3 is 20.3 Å². The Labute approximate surface area is 184 Å². The van der Waals surface area contributed by atoms with Crippen molar-refractivity contribution in [1.29, 1.82) is 0 Å². The first-order chi connectivity index (χ1) is 13.5. The number of anilines is 1. The SMILES string of the molecule is Cc1cc(=O)c(O)c(CNCCCCCCCCNc2ccnc(Cl)c2)n1C.Cl. The van der Waals surface area contributed by atoms with Gasteiger partial charge in [0.15, 0.2) is 5.75 Å². The van der Waals surface area contributed by atoms with Gasteiger partial charge >= 0.3 is 0 Å². The molecule has 6 nitrogen and oxygen atoms in total. The van der Waals surface area contributed by atoms with Gasteiger partial charge in [0.25, 0.3) is 0 Å². The fraction of sp³-hybridized carbons (Fsp3) is 0.524. The molecule has 2 heterocycles. The molecule has 0 spiro atoms. The number of aromatic hydroxyl groups is 1. The predicted octanol–water partition coefficient (Wildman–Crippen LogP) is 4.41. The average molecular weight is 443 g/mol. The van der Waals surface area contributed by atoms with Gasteiger partial charge in [-0.15, -0.1) is 12.4 Å². The van der Waals surface area contributed by atoms with Gasteiger partial charge in [0.05, 0.1) is 5.69 Å². The zero-order valence-corrected chi connectivity index (χ0v) is 18.8. The molecule has 0 aliphatic carbocycles. The molecule has 0 bridgehead atoms. The first-order valence-corrected chi connectivity index (χ1v) is 10.3. The lowest BCUT2D eigenvalue weighted by Gasteiger charge is -2.14. The van der Waals surface area contributed by atoms with Crippen LogP contribution in [0.25, 0.3) is 0 Å². The molecule has 0 radical (unpaired) electrons. The van der Waals surface area contributed by atoms with Crippen molar-refractivity contribution in [2.24, 2.45) is 7.05 Å². The van der Waals surface area contributed by atoms with E-state index >= 15 is 0 Å². The number of rotatable bonds is 12. The summed E-state index contributed by atoms with van der Waals surface area (Å²) >= 11 is 5.86. The lowest BCUT2D eigenvalue weighted by atomic mass is 10.1. The maximum Gasteiger partial charge on any atom is 0.223 e. The summed E-state index contributed by atoms with van der Waals surface area (Å²) < 4.78 is 1.86. The lowest BCUT2D eigenvalue weighted by Crippen LogP contribution is -2.21. The second-order valence-electron chi connectivity index (χ2n) is 7.10. The van der Waals surface area contributed by atoms with E-state index in [2.05, 4.69) is 15.6 Å². The zero-order valence-electron chi connectivity index (χ0n) is 17.2. The van der Waals surface area contributed by atoms with Crippen LogP contribution in [0.15, 0.2) is 29.2 Å². The lowest BCUT2D eigenvalue weighted by molar-refractivity contribution is 0.444. The van der Waals surface area contributed by atoms with Crippen molar-refractivity contribution in [1.82, 2.24) is 14.9 Å². The third-order valence-corrected chi connectivity index (χ3v) is 5.12. The summed E-state index contributed by atoms with van der Waals surface area (Å²) in [4.78, 5) is 15.7. The summed E-state index contributed by atoms with van der Waals surface area (Å²) in [5.41, 5.74) is 2.20. The molecule has 3 N–H and O–H groups in total. The number of hydrogen-bond acceptors (Lipinski definition) is 5. The van der Waals surface area contributed by atoms with Crippen molar-refractivity contribution < 1.29 is 5.11 Å². The number of hydrogen-bond donors (Lipinski definition) is 3. The second-order valence-corrected chi connectivity index (χ2v) is 7.48. The smallest absolute Gasteiger partial charge is 0.223 e. The standard InChI is InChI=1S/C21H31ClN4O2.ClH/c1-16-13-19(27)21(28)18(26(16)2)15-23-10-7-5-3-4-6-8-11-24-17-9-12-25-20(22)14-17;/h9,12-14,23,28H,3-8,10-11,15H2,1-2H3,(H,24,25);1H. The molecule has 29 heavy (non-hydrogen) atoms. The topological polar surface area (TPSA) is 79.2 Å². The van der Waals surface area contributed by atoms with E-state index in [1.807, 2.05) is 30.7 Å². The molecule has 0 aromatic carbocycles. The second kappa shape index (κ2) is 13.5. The molecule has 0 fully saturated rings. The molecule has 0 atom stereocenters. The number of nitrogens with zero attached hydrogens (tertiary/aromatic N) is 2. The molecule has 8 heteroatoms. The van der Waals surface area contributed by atoms with Gasteiger partial charge in [-0.1, -0.05) is 37.3 Å². The number of nitrogens with one attached hydrogen (secondary N) is 2. The minimum Gasteiger partial charge on any atom is -0.503 e. The van der Waals surface area contributed by atoms with E-state index in [0.29, 0.717) is 17.4 Å². The highest BCUT2D eigenvalue weighted by Crippen LogP contribution is 2.13. The number of aryl methyl sites for hydroxylation is 1. The summed E-state index contributed by atoms with van der Waals surface area (Å²) in [6, 6.07) is 5.22. The molecule has 0 amide bonds. The normalized spacial score (nSPS) is 10.6. The van der Waals surface area contributed by atoms with Crippen molar-refractivity contribution in [3.63, 3.8) is 0 Å². The molecular weight excluding hydrogens is 411 g/mol. The van der Waals surface area contributed by atoms with E-state index in [0.717, 1.165) is 37.3 Å². The zero-order chi connectivity index (χ0) is 20.4. The van der Waals surface area contributed by atoms with Crippen LogP contribution in [0, 0.1) is 6.92 Å². The Morgan fingerprint density at radius 1 is 1.10 bits per heavy atom. The summed E-state index contributed by atoms with van der Waals surface area (Å²) in [7, 11) is 1.86. The molecule has 0 aliphatic rings. The van der Waals surface area contributed by atoms with Crippen LogP contribution in [-0.2, 0) is 13.6 Å². The fourth-order valence-corrected chi connectivity index (χ4v) is 3.28. The van der Waals surface area contributed by atoms with Gasteiger partial charge in [-0.05, 0) is 38.4 Å². The highest BCUT2D eigenvalue weighted by atomic mass is 35.5. The molecule has 0 aliphatic heterocycles. The maximum atomic E-state index is 11.7. The van der Waals surface area contributed by atoms with Crippen molar-refractivity contribution in [2.45, 2.75) is 52.0 Å². The number of aromatic nitrogens is 2. The highest BCUT2D eigenvalue weighted by molar-refractivity contribution is 6.29. The highest BCUT2D eigenvalue weighted by Gasteiger charge is 2.09. The van der Waals surface area contributed by atoms with Gasteiger partial charge in [-0.2, -0.15) is 0 Å². The van der Waals surface area contributed by atoms with E-state index in [-0.39, 0.29) is 23.6 Å². The van der Waals surface area contributed by atoms with Crippen LogP contribution >= 0.6 is 24.0 Å². The molecule has 0 saturated heterocycles. The largest absolute Gasteiger partial charge is 0.503 e. The Morgan fingerprint density at radius 3 is 2.45 bits per heavy atom. The van der Waals surface area contributed by atoms with Gasteiger partial charge in [-0.25, -0.2) is 4.98 Å². The van der Waals surface area contributed by atoms with Crippen LogP contribution in [0.1, 0.15) is 49.9 Å². The van der Waals surface area contributed by atoms with Gasteiger partial charge in [0.1, 0.15) is 5.15 Å². The van der Waals surface area contributed by atoms with Crippen molar-refractivity contribution in [2.75, 3.05) is 18.4 Å². The summed E-state index contributed by atoms with van der Waals surface area (Å²) in [6.07, 6.45) is 8.77. The minimum atomic E-state index is -0.311. The summed E-state index contributed by atoms with van der Waals surface area (Å²) in [5, 5.41) is 17.1. The van der Waals surface area contributed by atoms with Crippen molar-refractivity contribution in [3.8, 4) is 5.75 Å². The van der Waals surface area contributed by atoms with Crippen LogP contribution < -0.4 is 16.1 Å². The van der Waals surface area contributed by atoms with Crippen molar-refractivity contribution in [3.05, 3.63) is 51.2 Å². The van der Waals surface area contributed by atoms with Crippen molar-refractivity contribution >= 4 is 29.7 Å². The quantitative estimate of drug-likeness (QED) is 0.335. The molecular formula is C21H32Cl2N4O2.